The summed E-state index contributed by atoms with van der Waals surface area (Å²) in [5.74, 6) is -0.312. The van der Waals surface area contributed by atoms with E-state index in [1.165, 1.54) is 5.56 Å². The number of likely N-dealkylation sites (tertiary alicyclic amines) is 1. The third-order valence-corrected chi connectivity index (χ3v) is 4.98. The van der Waals surface area contributed by atoms with Crippen molar-refractivity contribution in [2.24, 2.45) is 11.7 Å². The standard InChI is InChI=1S/C17H23N3O2/c1-11-15(14-5-3-2-4-13(14)10-19-11)17(22)20-8-6-12(7-9-20)16(18)21/h2-5,11-12,15,19H,6-10H2,1H3,(H2,18,21). The fourth-order valence-corrected chi connectivity index (χ4v) is 3.58. The van der Waals surface area contributed by atoms with Gasteiger partial charge in [-0.3, -0.25) is 9.59 Å². The summed E-state index contributed by atoms with van der Waals surface area (Å²) in [5.41, 5.74) is 7.70. The maximum absolute atomic E-state index is 13.0. The second-order valence-corrected chi connectivity index (χ2v) is 6.35. The summed E-state index contributed by atoms with van der Waals surface area (Å²) in [4.78, 5) is 26.1. The van der Waals surface area contributed by atoms with Crippen LogP contribution >= 0.6 is 0 Å². The molecule has 2 unspecified atom stereocenters. The minimum absolute atomic E-state index is 0.0850. The molecule has 2 aliphatic rings. The van der Waals surface area contributed by atoms with Gasteiger partial charge in [0, 0.05) is 31.6 Å². The second-order valence-electron chi connectivity index (χ2n) is 6.35. The van der Waals surface area contributed by atoms with Gasteiger partial charge in [0.1, 0.15) is 0 Å². The molecule has 118 valence electrons. The van der Waals surface area contributed by atoms with Crippen LogP contribution in [0.2, 0.25) is 0 Å². The predicted octanol–water partition coefficient (Wildman–Crippen LogP) is 0.986. The zero-order valence-electron chi connectivity index (χ0n) is 12.9. The Kier molecular flexibility index (Phi) is 4.16. The SMILES string of the molecule is CC1NCc2ccccc2C1C(=O)N1CCC(C(N)=O)CC1. The number of nitrogens with two attached hydrogens (primary N) is 1. The molecule has 0 aromatic heterocycles. The number of carbonyl (C=O) groups excluding carboxylic acids is 2. The average molecular weight is 301 g/mol. The molecule has 2 amide bonds. The molecular weight excluding hydrogens is 278 g/mol. The molecule has 1 saturated heterocycles. The van der Waals surface area contributed by atoms with E-state index < -0.39 is 0 Å². The van der Waals surface area contributed by atoms with E-state index in [0.717, 1.165) is 12.1 Å². The van der Waals surface area contributed by atoms with Gasteiger partial charge in [-0.1, -0.05) is 24.3 Å². The average Bonchev–Trinajstić information content (AvgIpc) is 2.54. The van der Waals surface area contributed by atoms with Crippen molar-refractivity contribution < 1.29 is 9.59 Å². The Hall–Kier alpha value is -1.88. The fraction of sp³-hybridized carbons (Fsp3) is 0.529. The molecule has 1 aromatic carbocycles. The number of nitrogens with one attached hydrogen (secondary N) is 1. The predicted molar refractivity (Wildman–Crippen MR) is 84.0 cm³/mol. The van der Waals surface area contributed by atoms with Gasteiger partial charge in [0.15, 0.2) is 0 Å². The van der Waals surface area contributed by atoms with Gasteiger partial charge >= 0.3 is 0 Å². The van der Waals surface area contributed by atoms with Crippen LogP contribution < -0.4 is 11.1 Å². The van der Waals surface area contributed by atoms with Gasteiger partial charge in [0.25, 0.3) is 0 Å². The molecule has 5 nitrogen and oxygen atoms in total. The molecule has 0 spiro atoms. The second kappa shape index (κ2) is 6.08. The lowest BCUT2D eigenvalue weighted by molar-refractivity contribution is -0.137. The largest absolute Gasteiger partial charge is 0.369 e. The highest BCUT2D eigenvalue weighted by molar-refractivity contribution is 5.86. The molecule has 3 N–H and O–H groups in total. The summed E-state index contributed by atoms with van der Waals surface area (Å²) in [6.45, 7) is 4.12. The van der Waals surface area contributed by atoms with Gasteiger partial charge in [-0.2, -0.15) is 0 Å². The van der Waals surface area contributed by atoms with Crippen LogP contribution in [0.3, 0.4) is 0 Å². The molecule has 0 saturated carbocycles. The highest BCUT2D eigenvalue weighted by Crippen LogP contribution is 2.31. The Labute approximate surface area is 130 Å². The summed E-state index contributed by atoms with van der Waals surface area (Å²) in [7, 11) is 0. The monoisotopic (exact) mass is 301 g/mol. The first kappa shape index (κ1) is 15.0. The Morgan fingerprint density at radius 3 is 2.59 bits per heavy atom. The molecule has 0 bridgehead atoms. The molecular formula is C17H23N3O2. The van der Waals surface area contributed by atoms with E-state index in [9.17, 15) is 9.59 Å². The van der Waals surface area contributed by atoms with E-state index in [-0.39, 0.29) is 29.7 Å². The van der Waals surface area contributed by atoms with Crippen molar-refractivity contribution >= 4 is 11.8 Å². The molecule has 0 aliphatic carbocycles. The summed E-state index contributed by atoms with van der Waals surface area (Å²) < 4.78 is 0. The van der Waals surface area contributed by atoms with Crippen LogP contribution in [0.25, 0.3) is 0 Å². The number of hydrogen-bond donors (Lipinski definition) is 2. The summed E-state index contributed by atoms with van der Waals surface area (Å²) >= 11 is 0. The highest BCUT2D eigenvalue weighted by atomic mass is 16.2. The molecule has 5 heteroatoms. The Morgan fingerprint density at radius 1 is 1.23 bits per heavy atom. The third-order valence-electron chi connectivity index (χ3n) is 4.98. The van der Waals surface area contributed by atoms with Crippen LogP contribution in [0.5, 0.6) is 0 Å². The van der Waals surface area contributed by atoms with Crippen molar-refractivity contribution in [3.8, 4) is 0 Å². The van der Waals surface area contributed by atoms with Crippen molar-refractivity contribution in [3.63, 3.8) is 0 Å². The van der Waals surface area contributed by atoms with Crippen LogP contribution in [0.15, 0.2) is 24.3 Å². The topological polar surface area (TPSA) is 75.4 Å². The van der Waals surface area contributed by atoms with Crippen LogP contribution in [0, 0.1) is 5.92 Å². The molecule has 1 aromatic rings. The molecule has 2 atom stereocenters. The smallest absolute Gasteiger partial charge is 0.231 e. The van der Waals surface area contributed by atoms with Gasteiger partial charge in [0.05, 0.1) is 5.92 Å². The number of amides is 2. The Morgan fingerprint density at radius 2 is 1.91 bits per heavy atom. The quantitative estimate of drug-likeness (QED) is 0.855. The van der Waals surface area contributed by atoms with Crippen LogP contribution in [0.1, 0.15) is 36.8 Å². The first-order valence-electron chi connectivity index (χ1n) is 7.97. The number of fused-ring (bicyclic) bond motifs is 1. The maximum atomic E-state index is 13.0. The maximum Gasteiger partial charge on any atom is 0.231 e. The number of piperidine rings is 1. The molecule has 3 rings (SSSR count). The van der Waals surface area contributed by atoms with Crippen molar-refractivity contribution in [2.45, 2.75) is 38.3 Å². The lowest BCUT2D eigenvalue weighted by Gasteiger charge is -2.38. The normalized spacial score (nSPS) is 25.6. The number of nitrogens with zero attached hydrogens (tertiary/aromatic N) is 1. The number of primary amides is 1. The first-order chi connectivity index (χ1) is 10.6. The molecule has 2 heterocycles. The third kappa shape index (κ3) is 2.73. The van der Waals surface area contributed by atoms with Crippen LogP contribution in [-0.2, 0) is 16.1 Å². The minimum Gasteiger partial charge on any atom is -0.369 e. The number of carbonyl (C=O) groups is 2. The van der Waals surface area contributed by atoms with Gasteiger partial charge in [-0.15, -0.1) is 0 Å². The highest BCUT2D eigenvalue weighted by Gasteiger charge is 2.36. The first-order valence-corrected chi connectivity index (χ1v) is 7.97. The number of rotatable bonds is 2. The van der Waals surface area contributed by atoms with Gasteiger partial charge in [-0.25, -0.2) is 0 Å². The zero-order chi connectivity index (χ0) is 15.7. The van der Waals surface area contributed by atoms with E-state index in [1.807, 2.05) is 17.0 Å². The van der Waals surface area contributed by atoms with Crippen LogP contribution in [-0.4, -0.2) is 35.8 Å². The van der Waals surface area contributed by atoms with Gasteiger partial charge in [-0.05, 0) is 30.9 Å². The lowest BCUT2D eigenvalue weighted by atomic mass is 9.83. The Balaban J connectivity index is 1.76. The van der Waals surface area contributed by atoms with E-state index in [4.69, 9.17) is 5.73 Å². The lowest BCUT2D eigenvalue weighted by Crippen LogP contribution is -2.49. The van der Waals surface area contributed by atoms with Gasteiger partial charge in [0.2, 0.25) is 11.8 Å². The molecule has 22 heavy (non-hydrogen) atoms. The van der Waals surface area contributed by atoms with E-state index in [2.05, 4.69) is 24.4 Å². The Bertz CT molecular complexity index is 579. The van der Waals surface area contributed by atoms with E-state index in [1.54, 1.807) is 0 Å². The number of hydrogen-bond acceptors (Lipinski definition) is 3. The fourth-order valence-electron chi connectivity index (χ4n) is 3.58. The number of benzene rings is 1. The molecule has 1 fully saturated rings. The molecule has 0 radical (unpaired) electrons. The van der Waals surface area contributed by atoms with Crippen molar-refractivity contribution in [1.29, 1.82) is 0 Å². The van der Waals surface area contributed by atoms with Crippen molar-refractivity contribution in [3.05, 3.63) is 35.4 Å². The minimum atomic E-state index is -0.245. The summed E-state index contributed by atoms with van der Waals surface area (Å²) in [6.07, 6.45) is 1.36. The van der Waals surface area contributed by atoms with Crippen molar-refractivity contribution in [2.75, 3.05) is 13.1 Å². The van der Waals surface area contributed by atoms with E-state index in [0.29, 0.717) is 25.9 Å². The van der Waals surface area contributed by atoms with E-state index >= 15 is 0 Å². The molecule has 2 aliphatic heterocycles. The van der Waals surface area contributed by atoms with Crippen LogP contribution in [0.4, 0.5) is 0 Å². The zero-order valence-corrected chi connectivity index (χ0v) is 12.9. The van der Waals surface area contributed by atoms with Gasteiger partial charge < -0.3 is 16.0 Å². The summed E-state index contributed by atoms with van der Waals surface area (Å²) in [6, 6.07) is 8.27. The summed E-state index contributed by atoms with van der Waals surface area (Å²) in [5, 5.41) is 3.41. The van der Waals surface area contributed by atoms with Crippen molar-refractivity contribution in [1.82, 2.24) is 10.2 Å².